The molecule has 0 aliphatic rings. The maximum Gasteiger partial charge on any atom is 0.411 e. The summed E-state index contributed by atoms with van der Waals surface area (Å²) in [6.07, 6.45) is -1.98. The topological polar surface area (TPSA) is 39.1 Å². The molecule has 0 amide bonds. The number of nitrogens with one attached hydrogen (secondary N) is 1. The molecule has 0 saturated heterocycles. The Morgan fingerprint density at radius 3 is 2.70 bits per heavy atom. The smallest absolute Gasteiger partial charge is 0.370 e. The third-order valence-electron chi connectivity index (χ3n) is 2.65. The number of aromatic nitrogens is 2. The van der Waals surface area contributed by atoms with Crippen LogP contribution in [0.15, 0.2) is 6.20 Å². The predicted molar refractivity (Wildman–Crippen MR) is 70.8 cm³/mol. The maximum absolute atomic E-state index is 12.1. The van der Waals surface area contributed by atoms with E-state index in [1.807, 2.05) is 13.8 Å². The molecule has 4 nitrogen and oxygen atoms in total. The van der Waals surface area contributed by atoms with E-state index in [9.17, 15) is 13.2 Å². The van der Waals surface area contributed by atoms with Gasteiger partial charge < -0.3 is 10.1 Å². The first-order valence-corrected chi connectivity index (χ1v) is 6.85. The molecular weight excluding hydrogens is 295 g/mol. The van der Waals surface area contributed by atoms with Gasteiger partial charge in [0, 0.05) is 6.54 Å². The number of halogens is 4. The van der Waals surface area contributed by atoms with Crippen molar-refractivity contribution in [2.75, 3.05) is 19.8 Å². The van der Waals surface area contributed by atoms with E-state index >= 15 is 0 Å². The van der Waals surface area contributed by atoms with Crippen LogP contribution < -0.4 is 5.32 Å². The summed E-state index contributed by atoms with van der Waals surface area (Å²) in [4.78, 5) is 0. The highest BCUT2D eigenvalue weighted by Gasteiger charge is 2.29. The standard InChI is InChI=1S/C12H19ClF3N3O/c1-3-5-17-10(7-20-8-12(14,15)16)11-9(13)6-18-19(11)4-2/h6,10,17H,3-5,7-8H2,1-2H3. The SMILES string of the molecule is CCCNC(COCC(F)(F)F)c1c(Cl)cnn1CC. The minimum atomic E-state index is -4.33. The van der Waals surface area contributed by atoms with E-state index in [2.05, 4.69) is 10.4 Å². The van der Waals surface area contributed by atoms with Crippen molar-refractivity contribution in [2.45, 2.75) is 39.0 Å². The van der Waals surface area contributed by atoms with E-state index in [1.165, 1.54) is 6.20 Å². The van der Waals surface area contributed by atoms with Crippen molar-refractivity contribution >= 4 is 11.6 Å². The van der Waals surface area contributed by atoms with Gasteiger partial charge in [0.15, 0.2) is 0 Å². The van der Waals surface area contributed by atoms with Gasteiger partial charge in [-0.05, 0) is 19.9 Å². The van der Waals surface area contributed by atoms with Gasteiger partial charge in [0.1, 0.15) is 6.61 Å². The summed E-state index contributed by atoms with van der Waals surface area (Å²) in [5.74, 6) is 0. The molecule has 0 fully saturated rings. The summed E-state index contributed by atoms with van der Waals surface area (Å²) >= 11 is 6.07. The minimum Gasteiger partial charge on any atom is -0.370 e. The number of hydrogen-bond donors (Lipinski definition) is 1. The van der Waals surface area contributed by atoms with Crippen molar-refractivity contribution < 1.29 is 17.9 Å². The summed E-state index contributed by atoms with van der Waals surface area (Å²) in [5.41, 5.74) is 0.657. The lowest BCUT2D eigenvalue weighted by atomic mass is 10.2. The van der Waals surface area contributed by atoms with E-state index in [0.717, 1.165) is 6.42 Å². The van der Waals surface area contributed by atoms with Gasteiger partial charge in [-0.3, -0.25) is 4.68 Å². The molecule has 1 rings (SSSR count). The van der Waals surface area contributed by atoms with E-state index in [1.54, 1.807) is 4.68 Å². The number of nitrogens with zero attached hydrogens (tertiary/aromatic N) is 2. The normalized spacial score (nSPS) is 13.7. The molecule has 116 valence electrons. The van der Waals surface area contributed by atoms with Gasteiger partial charge in [-0.2, -0.15) is 18.3 Å². The van der Waals surface area contributed by atoms with Crippen molar-refractivity contribution in [3.63, 3.8) is 0 Å². The fourth-order valence-corrected chi connectivity index (χ4v) is 2.09. The maximum atomic E-state index is 12.1. The average molecular weight is 314 g/mol. The molecule has 1 heterocycles. The molecule has 0 bridgehead atoms. The van der Waals surface area contributed by atoms with Crippen molar-refractivity contribution in [3.05, 3.63) is 16.9 Å². The van der Waals surface area contributed by atoms with Crippen LogP contribution in [0.5, 0.6) is 0 Å². The fraction of sp³-hybridized carbons (Fsp3) is 0.750. The second-order valence-electron chi connectivity index (χ2n) is 4.33. The highest BCUT2D eigenvalue weighted by Crippen LogP contribution is 2.24. The van der Waals surface area contributed by atoms with Gasteiger partial charge in [0.2, 0.25) is 0 Å². The Balaban J connectivity index is 2.75. The van der Waals surface area contributed by atoms with Crippen LogP contribution in [-0.4, -0.2) is 35.7 Å². The molecule has 0 aliphatic carbocycles. The second-order valence-corrected chi connectivity index (χ2v) is 4.74. The summed E-state index contributed by atoms with van der Waals surface area (Å²) in [7, 11) is 0. The van der Waals surface area contributed by atoms with E-state index < -0.39 is 18.8 Å². The zero-order valence-electron chi connectivity index (χ0n) is 11.5. The zero-order chi connectivity index (χ0) is 15.2. The Labute approximate surface area is 121 Å². The van der Waals surface area contributed by atoms with Crippen LogP contribution in [0.1, 0.15) is 32.0 Å². The van der Waals surface area contributed by atoms with Crippen molar-refractivity contribution in [3.8, 4) is 0 Å². The molecule has 0 aliphatic heterocycles. The number of hydrogen-bond acceptors (Lipinski definition) is 3. The highest BCUT2D eigenvalue weighted by molar-refractivity contribution is 6.31. The average Bonchev–Trinajstić information content (AvgIpc) is 2.73. The molecular formula is C12H19ClF3N3O. The van der Waals surface area contributed by atoms with Crippen LogP contribution in [0.2, 0.25) is 5.02 Å². The Morgan fingerprint density at radius 2 is 2.15 bits per heavy atom. The van der Waals surface area contributed by atoms with Crippen LogP contribution in [0.4, 0.5) is 13.2 Å². The molecule has 1 N–H and O–H groups in total. The van der Waals surface area contributed by atoms with Crippen molar-refractivity contribution in [2.24, 2.45) is 0 Å². The van der Waals surface area contributed by atoms with Gasteiger partial charge in [0.25, 0.3) is 0 Å². The van der Waals surface area contributed by atoms with Crippen molar-refractivity contribution in [1.29, 1.82) is 0 Å². The lowest BCUT2D eigenvalue weighted by Crippen LogP contribution is -2.30. The van der Waals surface area contributed by atoms with Crippen LogP contribution in [0, 0.1) is 0 Å². The van der Waals surface area contributed by atoms with Crippen LogP contribution in [0.3, 0.4) is 0 Å². The number of ether oxygens (including phenoxy) is 1. The first kappa shape index (κ1) is 17.3. The molecule has 0 radical (unpaired) electrons. The molecule has 1 aromatic heterocycles. The second kappa shape index (κ2) is 7.85. The van der Waals surface area contributed by atoms with Gasteiger partial charge in [-0.25, -0.2) is 0 Å². The lowest BCUT2D eigenvalue weighted by molar-refractivity contribution is -0.175. The van der Waals surface area contributed by atoms with E-state index in [-0.39, 0.29) is 6.61 Å². The summed E-state index contributed by atoms with van der Waals surface area (Å²) < 4.78 is 42.8. The fourth-order valence-electron chi connectivity index (χ4n) is 1.82. The zero-order valence-corrected chi connectivity index (χ0v) is 12.3. The quantitative estimate of drug-likeness (QED) is 0.801. The number of alkyl halides is 3. The number of aryl methyl sites for hydroxylation is 1. The van der Waals surface area contributed by atoms with E-state index in [4.69, 9.17) is 16.3 Å². The Kier molecular flexibility index (Phi) is 6.78. The summed E-state index contributed by atoms with van der Waals surface area (Å²) in [6, 6.07) is -0.410. The molecule has 8 heteroatoms. The molecule has 0 saturated carbocycles. The van der Waals surface area contributed by atoms with Crippen LogP contribution >= 0.6 is 11.6 Å². The van der Waals surface area contributed by atoms with Crippen LogP contribution in [-0.2, 0) is 11.3 Å². The first-order valence-electron chi connectivity index (χ1n) is 6.48. The lowest BCUT2D eigenvalue weighted by Gasteiger charge is -2.20. The largest absolute Gasteiger partial charge is 0.411 e. The summed E-state index contributed by atoms with van der Waals surface area (Å²) in [5, 5.41) is 7.65. The summed E-state index contributed by atoms with van der Waals surface area (Å²) in [6.45, 7) is 3.73. The van der Waals surface area contributed by atoms with Gasteiger partial charge >= 0.3 is 6.18 Å². The molecule has 1 atom stereocenters. The van der Waals surface area contributed by atoms with Crippen LogP contribution in [0.25, 0.3) is 0 Å². The van der Waals surface area contributed by atoms with E-state index in [0.29, 0.717) is 23.8 Å². The molecule has 20 heavy (non-hydrogen) atoms. The Hall–Kier alpha value is -0.790. The van der Waals surface area contributed by atoms with Gasteiger partial charge in [-0.15, -0.1) is 0 Å². The first-order chi connectivity index (χ1) is 9.39. The molecule has 0 spiro atoms. The minimum absolute atomic E-state index is 0.106. The predicted octanol–water partition coefficient (Wildman–Crippen LogP) is 3.18. The monoisotopic (exact) mass is 313 g/mol. The number of rotatable bonds is 8. The highest BCUT2D eigenvalue weighted by atomic mass is 35.5. The Morgan fingerprint density at radius 1 is 1.45 bits per heavy atom. The third-order valence-corrected chi connectivity index (χ3v) is 2.95. The molecule has 1 aromatic rings. The van der Waals surface area contributed by atoms with Gasteiger partial charge in [0.05, 0.1) is 29.6 Å². The Bertz CT molecular complexity index is 409. The van der Waals surface area contributed by atoms with Crippen molar-refractivity contribution in [1.82, 2.24) is 15.1 Å². The van der Waals surface area contributed by atoms with Gasteiger partial charge in [-0.1, -0.05) is 18.5 Å². The molecule has 1 unspecified atom stereocenters. The molecule has 0 aromatic carbocycles. The third kappa shape index (κ3) is 5.30.